The van der Waals surface area contributed by atoms with Gasteiger partial charge < -0.3 is 15.7 Å². The molecule has 0 radical (unpaired) electrons. The molecule has 0 bridgehead atoms. The summed E-state index contributed by atoms with van der Waals surface area (Å²) in [6, 6.07) is 6.14. The molecule has 5 heteroatoms. The van der Waals surface area contributed by atoms with Crippen LogP contribution in [0.5, 0.6) is 0 Å². The third kappa shape index (κ3) is 2.27. The van der Waals surface area contributed by atoms with E-state index in [1.165, 1.54) is 18.3 Å². The minimum atomic E-state index is -2.21. The van der Waals surface area contributed by atoms with Gasteiger partial charge in [-0.15, -0.1) is 0 Å². The van der Waals surface area contributed by atoms with Crippen LogP contribution in [0.4, 0.5) is 0 Å². The largest absolute Gasteiger partial charge is 0.768 e. The lowest BCUT2D eigenvalue weighted by Gasteiger charge is -2.06. The molecule has 3 N–H and O–H groups in total. The summed E-state index contributed by atoms with van der Waals surface area (Å²) in [5, 5.41) is 7.04. The monoisotopic (exact) mass is 209 g/mol. The average Bonchev–Trinajstić information content (AvgIpc) is 2.20. The van der Waals surface area contributed by atoms with Crippen LogP contribution >= 0.6 is 0 Å². The van der Waals surface area contributed by atoms with E-state index in [0.29, 0.717) is 5.57 Å². The van der Waals surface area contributed by atoms with Crippen molar-refractivity contribution in [3.63, 3.8) is 0 Å². The molecule has 1 rings (SSSR count). The Hall–Kier alpha value is -1.46. The molecule has 1 aromatic rings. The number of nitrogens with one attached hydrogen (secondary N) is 1. The summed E-state index contributed by atoms with van der Waals surface area (Å²) in [5.74, 6) is 0. The lowest BCUT2D eigenvalue weighted by molar-refractivity contribution is 0.537. The van der Waals surface area contributed by atoms with Crippen LogP contribution in [0.2, 0.25) is 0 Å². The van der Waals surface area contributed by atoms with Gasteiger partial charge >= 0.3 is 0 Å². The van der Waals surface area contributed by atoms with E-state index in [1.807, 2.05) is 0 Å². The summed E-state index contributed by atoms with van der Waals surface area (Å²) in [6.45, 7) is 0. The van der Waals surface area contributed by atoms with E-state index in [1.54, 1.807) is 12.1 Å². The summed E-state index contributed by atoms with van der Waals surface area (Å²) >= 11 is -2.21. The van der Waals surface area contributed by atoms with Gasteiger partial charge in [0.25, 0.3) is 0 Å². The molecule has 0 aromatic heterocycles. The zero-order valence-electron chi connectivity index (χ0n) is 7.27. The van der Waals surface area contributed by atoms with E-state index in [4.69, 9.17) is 11.1 Å². The van der Waals surface area contributed by atoms with Gasteiger partial charge in [0.1, 0.15) is 0 Å². The van der Waals surface area contributed by atoms with Crippen molar-refractivity contribution in [1.82, 2.24) is 0 Å². The fraction of sp³-hybridized carbons (Fsp3) is 0. The zero-order chi connectivity index (χ0) is 10.6. The number of allylic oxidation sites excluding steroid dienone is 1. The fourth-order valence-electron chi connectivity index (χ4n) is 0.986. The Kier molecular flexibility index (Phi) is 3.55. The second kappa shape index (κ2) is 4.69. The molecule has 0 amide bonds. The van der Waals surface area contributed by atoms with Gasteiger partial charge in [-0.3, -0.25) is 4.21 Å². The molecule has 14 heavy (non-hydrogen) atoms. The second-order valence-corrected chi connectivity index (χ2v) is 3.47. The second-order valence-electron chi connectivity index (χ2n) is 2.53. The average molecular weight is 209 g/mol. The summed E-state index contributed by atoms with van der Waals surface area (Å²) in [7, 11) is 0. The molecule has 1 atom stereocenters. The van der Waals surface area contributed by atoms with Crippen LogP contribution in [-0.2, 0) is 11.1 Å². The van der Waals surface area contributed by atoms with Crippen molar-refractivity contribution in [3.8, 4) is 0 Å². The Labute approximate surface area is 84.2 Å². The lowest BCUT2D eigenvalue weighted by Crippen LogP contribution is -1.92. The molecule has 1 aromatic carbocycles. The highest BCUT2D eigenvalue weighted by Crippen LogP contribution is 2.13. The molecule has 0 saturated heterocycles. The highest BCUT2D eigenvalue weighted by molar-refractivity contribution is 7.79. The van der Waals surface area contributed by atoms with Crippen LogP contribution in [-0.4, -0.2) is 15.0 Å². The molecule has 0 heterocycles. The van der Waals surface area contributed by atoms with Crippen molar-refractivity contribution >= 4 is 22.9 Å². The van der Waals surface area contributed by atoms with E-state index in [9.17, 15) is 8.76 Å². The van der Waals surface area contributed by atoms with Crippen molar-refractivity contribution in [3.05, 3.63) is 36.0 Å². The number of benzene rings is 1. The van der Waals surface area contributed by atoms with Crippen LogP contribution in [0.1, 0.15) is 5.56 Å². The van der Waals surface area contributed by atoms with Crippen molar-refractivity contribution in [2.75, 3.05) is 0 Å². The number of rotatable bonds is 3. The van der Waals surface area contributed by atoms with Crippen LogP contribution in [0, 0.1) is 5.41 Å². The summed E-state index contributed by atoms with van der Waals surface area (Å²) in [5.41, 5.74) is 6.55. The molecule has 4 nitrogen and oxygen atoms in total. The number of hydrogen-bond acceptors (Lipinski definition) is 4. The molecule has 74 valence electrons. The van der Waals surface area contributed by atoms with E-state index < -0.39 is 11.1 Å². The number of hydrogen-bond donors (Lipinski definition) is 2. The van der Waals surface area contributed by atoms with E-state index in [-0.39, 0.29) is 4.90 Å². The maximum Gasteiger partial charge on any atom is 0.0270 e. The van der Waals surface area contributed by atoms with Gasteiger partial charge in [0.15, 0.2) is 0 Å². The molecule has 0 aliphatic rings. The first kappa shape index (κ1) is 10.6. The molecule has 0 saturated carbocycles. The minimum absolute atomic E-state index is 0.218. The van der Waals surface area contributed by atoms with E-state index in [2.05, 4.69) is 0 Å². The topological polar surface area (TPSA) is 90.0 Å². The predicted octanol–water partition coefficient (Wildman–Crippen LogP) is 0.874. The molecule has 0 aliphatic carbocycles. The standard InChI is InChI=1S/C9H10N2O2S/c10-5-8(6-11)7-1-3-9(4-2-7)14(12)13/h1-6,10H,11H2,(H,12,13)/p-1/b8-6+,10-5?. The van der Waals surface area contributed by atoms with Crippen LogP contribution in [0.15, 0.2) is 35.4 Å². The van der Waals surface area contributed by atoms with E-state index in [0.717, 1.165) is 11.8 Å². The highest BCUT2D eigenvalue weighted by Gasteiger charge is 1.97. The smallest absolute Gasteiger partial charge is 0.0270 e. The first-order valence-corrected chi connectivity index (χ1v) is 4.88. The third-order valence-electron chi connectivity index (χ3n) is 1.72. The van der Waals surface area contributed by atoms with Crippen LogP contribution < -0.4 is 5.73 Å². The first-order chi connectivity index (χ1) is 6.69. The Morgan fingerprint density at radius 3 is 2.36 bits per heavy atom. The Morgan fingerprint density at radius 2 is 2.00 bits per heavy atom. The molecule has 0 aliphatic heterocycles. The van der Waals surface area contributed by atoms with Gasteiger partial charge in [-0.1, -0.05) is 12.1 Å². The fourth-order valence-corrected chi connectivity index (χ4v) is 1.34. The summed E-state index contributed by atoms with van der Waals surface area (Å²) < 4.78 is 21.1. The van der Waals surface area contributed by atoms with Crippen molar-refractivity contribution in [2.45, 2.75) is 4.90 Å². The maximum absolute atomic E-state index is 10.5. The molecule has 1 unspecified atom stereocenters. The van der Waals surface area contributed by atoms with Crippen LogP contribution in [0.3, 0.4) is 0 Å². The Morgan fingerprint density at radius 1 is 1.43 bits per heavy atom. The predicted molar refractivity (Wildman–Crippen MR) is 54.6 cm³/mol. The first-order valence-electron chi connectivity index (χ1n) is 3.81. The molecular formula is C9H9N2O2S-. The normalized spacial score (nSPS) is 13.6. The highest BCUT2D eigenvalue weighted by atomic mass is 32.2. The van der Waals surface area contributed by atoms with Gasteiger partial charge in [-0.2, -0.15) is 0 Å². The quantitative estimate of drug-likeness (QED) is 0.571. The van der Waals surface area contributed by atoms with Crippen molar-refractivity contribution < 1.29 is 8.76 Å². The maximum atomic E-state index is 10.5. The van der Waals surface area contributed by atoms with Gasteiger partial charge in [0, 0.05) is 22.9 Å². The molecule has 0 fully saturated rings. The number of nitrogens with two attached hydrogens (primary N) is 1. The summed E-state index contributed by atoms with van der Waals surface area (Å²) in [4.78, 5) is 0.218. The minimum Gasteiger partial charge on any atom is -0.768 e. The SMILES string of the molecule is N=C/C(=C\N)c1ccc(S(=O)[O-])cc1. The van der Waals surface area contributed by atoms with Gasteiger partial charge in [-0.25, -0.2) is 0 Å². The van der Waals surface area contributed by atoms with Crippen molar-refractivity contribution in [2.24, 2.45) is 5.73 Å². The molecule has 0 spiro atoms. The zero-order valence-corrected chi connectivity index (χ0v) is 8.08. The lowest BCUT2D eigenvalue weighted by atomic mass is 10.1. The van der Waals surface area contributed by atoms with Gasteiger partial charge in [0.05, 0.1) is 0 Å². The summed E-state index contributed by atoms with van der Waals surface area (Å²) in [6.07, 6.45) is 2.42. The van der Waals surface area contributed by atoms with Gasteiger partial charge in [-0.05, 0) is 28.8 Å². The van der Waals surface area contributed by atoms with Gasteiger partial charge in [0.2, 0.25) is 0 Å². The van der Waals surface area contributed by atoms with E-state index >= 15 is 0 Å². The van der Waals surface area contributed by atoms with Crippen LogP contribution in [0.25, 0.3) is 5.57 Å². The Balaban J connectivity index is 3.05. The van der Waals surface area contributed by atoms with Crippen molar-refractivity contribution in [1.29, 1.82) is 5.41 Å². The third-order valence-corrected chi connectivity index (χ3v) is 2.37. The Bertz CT molecular complexity index is 384. The molecular weight excluding hydrogens is 200 g/mol.